The molecule has 0 aromatic heterocycles. The fourth-order valence-electron chi connectivity index (χ4n) is 4.20. The zero-order chi connectivity index (χ0) is 14.7. The second kappa shape index (κ2) is 6.79. The molecule has 0 heterocycles. The van der Waals surface area contributed by atoms with Crippen LogP contribution in [0.25, 0.3) is 0 Å². The number of hydrogen-bond donors (Lipinski definition) is 1. The lowest BCUT2D eigenvalue weighted by atomic mass is 9.94. The highest BCUT2D eigenvalue weighted by atomic mass is 32.1. The highest BCUT2D eigenvalue weighted by Gasteiger charge is 2.36. The van der Waals surface area contributed by atoms with Crippen molar-refractivity contribution < 1.29 is 0 Å². The number of nitriles is 1. The topological polar surface area (TPSA) is 39.1 Å². The minimum atomic E-state index is 0.515. The summed E-state index contributed by atoms with van der Waals surface area (Å²) >= 11 is 5.70. The van der Waals surface area contributed by atoms with E-state index in [4.69, 9.17) is 17.5 Å². The highest BCUT2D eigenvalue weighted by molar-refractivity contribution is 7.80. The monoisotopic (exact) mass is 303 g/mol. The second-order valence-corrected chi connectivity index (χ2v) is 7.12. The van der Waals surface area contributed by atoms with Crippen LogP contribution in [0.5, 0.6) is 0 Å². The Hall–Kier alpha value is -1.08. The largest absolute Gasteiger partial charge is 0.359 e. The lowest BCUT2D eigenvalue weighted by Gasteiger charge is -2.37. The fourth-order valence-corrected chi connectivity index (χ4v) is 4.59. The summed E-state index contributed by atoms with van der Waals surface area (Å²) in [6.07, 6.45) is 14.2. The van der Waals surface area contributed by atoms with E-state index in [0.29, 0.717) is 24.4 Å². The molecule has 2 fully saturated rings. The molecule has 3 nitrogen and oxygen atoms in total. The minimum Gasteiger partial charge on any atom is -0.359 e. The molecule has 3 rings (SSSR count). The van der Waals surface area contributed by atoms with Crippen LogP contribution < -0.4 is 5.32 Å². The Bertz CT molecular complexity index is 447. The molecule has 0 saturated heterocycles. The van der Waals surface area contributed by atoms with Crippen LogP contribution in [-0.2, 0) is 0 Å². The SMILES string of the molecule is N#CCCN(C(=S)NC1CC2C=CC1C2)C1CCCCC1. The van der Waals surface area contributed by atoms with Gasteiger partial charge in [-0.1, -0.05) is 31.4 Å². The summed E-state index contributed by atoms with van der Waals surface area (Å²) in [7, 11) is 0. The van der Waals surface area contributed by atoms with Crippen molar-refractivity contribution in [3.63, 3.8) is 0 Å². The Kier molecular flexibility index (Phi) is 4.80. The molecule has 3 atom stereocenters. The summed E-state index contributed by atoms with van der Waals surface area (Å²) in [5.74, 6) is 1.43. The first-order valence-corrected chi connectivity index (χ1v) is 8.81. The number of nitrogens with one attached hydrogen (secondary N) is 1. The van der Waals surface area contributed by atoms with Crippen LogP contribution in [0.1, 0.15) is 51.4 Å². The predicted molar refractivity (Wildman–Crippen MR) is 88.7 cm³/mol. The summed E-state index contributed by atoms with van der Waals surface area (Å²) in [5, 5.41) is 13.4. The Morgan fingerprint density at radius 1 is 1.24 bits per heavy atom. The van der Waals surface area contributed by atoms with Crippen LogP contribution >= 0.6 is 12.2 Å². The lowest BCUT2D eigenvalue weighted by molar-refractivity contribution is 0.241. The first-order valence-electron chi connectivity index (χ1n) is 8.40. The maximum atomic E-state index is 8.92. The van der Waals surface area contributed by atoms with Crippen molar-refractivity contribution in [2.45, 2.75) is 63.5 Å². The molecule has 0 aliphatic heterocycles. The second-order valence-electron chi connectivity index (χ2n) is 6.73. The van der Waals surface area contributed by atoms with E-state index >= 15 is 0 Å². The quantitative estimate of drug-likeness (QED) is 0.638. The van der Waals surface area contributed by atoms with Gasteiger partial charge in [0.25, 0.3) is 0 Å². The molecular weight excluding hydrogens is 278 g/mol. The number of rotatable bonds is 4. The maximum Gasteiger partial charge on any atom is 0.169 e. The Morgan fingerprint density at radius 3 is 2.67 bits per heavy atom. The van der Waals surface area contributed by atoms with Gasteiger partial charge >= 0.3 is 0 Å². The summed E-state index contributed by atoms with van der Waals surface area (Å²) < 4.78 is 0. The van der Waals surface area contributed by atoms with E-state index in [-0.39, 0.29) is 0 Å². The lowest BCUT2D eigenvalue weighted by Crippen LogP contribution is -2.50. The zero-order valence-corrected chi connectivity index (χ0v) is 13.4. The van der Waals surface area contributed by atoms with Gasteiger partial charge in [0.05, 0.1) is 12.5 Å². The van der Waals surface area contributed by atoms with Gasteiger partial charge in [0.15, 0.2) is 5.11 Å². The molecule has 4 heteroatoms. The van der Waals surface area contributed by atoms with Crippen LogP contribution in [0.3, 0.4) is 0 Å². The number of hydrogen-bond acceptors (Lipinski definition) is 2. The first kappa shape index (κ1) is 14.8. The third-order valence-corrected chi connectivity index (χ3v) is 5.68. The van der Waals surface area contributed by atoms with Crippen LogP contribution in [0.15, 0.2) is 12.2 Å². The first-order chi connectivity index (χ1) is 10.3. The maximum absolute atomic E-state index is 8.92. The van der Waals surface area contributed by atoms with Crippen molar-refractivity contribution in [2.24, 2.45) is 11.8 Å². The molecule has 114 valence electrons. The Morgan fingerprint density at radius 2 is 2.05 bits per heavy atom. The molecule has 3 aliphatic carbocycles. The van der Waals surface area contributed by atoms with E-state index in [1.807, 2.05) is 0 Å². The molecule has 2 saturated carbocycles. The van der Waals surface area contributed by atoms with Crippen molar-refractivity contribution in [3.8, 4) is 6.07 Å². The summed E-state index contributed by atoms with van der Waals surface area (Å²) in [6, 6.07) is 3.33. The van der Waals surface area contributed by atoms with Crippen LogP contribution in [-0.4, -0.2) is 28.6 Å². The van der Waals surface area contributed by atoms with E-state index in [9.17, 15) is 0 Å². The smallest absolute Gasteiger partial charge is 0.169 e. The van der Waals surface area contributed by atoms with Gasteiger partial charge in [-0.15, -0.1) is 0 Å². The average molecular weight is 303 g/mol. The average Bonchev–Trinajstić information content (AvgIpc) is 3.11. The Labute approximate surface area is 133 Å². The predicted octanol–water partition coefficient (Wildman–Crippen LogP) is 3.37. The summed E-state index contributed by atoms with van der Waals surface area (Å²) in [5.41, 5.74) is 0. The van der Waals surface area contributed by atoms with Gasteiger partial charge in [-0.05, 0) is 49.7 Å². The van der Waals surface area contributed by atoms with Gasteiger partial charge in [-0.3, -0.25) is 0 Å². The summed E-state index contributed by atoms with van der Waals surface area (Å²) in [6.45, 7) is 0.781. The fraction of sp³-hybridized carbons (Fsp3) is 0.765. The van der Waals surface area contributed by atoms with Crippen molar-refractivity contribution in [2.75, 3.05) is 6.54 Å². The van der Waals surface area contributed by atoms with E-state index < -0.39 is 0 Å². The van der Waals surface area contributed by atoms with Gasteiger partial charge in [-0.2, -0.15) is 5.26 Å². The number of fused-ring (bicyclic) bond motifs is 2. The van der Waals surface area contributed by atoms with Crippen molar-refractivity contribution in [1.29, 1.82) is 5.26 Å². The highest BCUT2D eigenvalue weighted by Crippen LogP contribution is 2.39. The van der Waals surface area contributed by atoms with Crippen LogP contribution in [0.4, 0.5) is 0 Å². The number of thiocarbonyl (C=S) groups is 1. The van der Waals surface area contributed by atoms with Gasteiger partial charge in [0.2, 0.25) is 0 Å². The zero-order valence-electron chi connectivity index (χ0n) is 12.6. The molecule has 0 radical (unpaired) electrons. The third-order valence-electron chi connectivity index (χ3n) is 5.33. The Balaban J connectivity index is 1.60. The molecule has 0 spiro atoms. The minimum absolute atomic E-state index is 0.515. The van der Waals surface area contributed by atoms with E-state index in [2.05, 4.69) is 28.4 Å². The van der Waals surface area contributed by atoms with Gasteiger partial charge in [0, 0.05) is 18.6 Å². The van der Waals surface area contributed by atoms with E-state index in [1.165, 1.54) is 44.9 Å². The molecule has 1 N–H and O–H groups in total. The normalized spacial score (nSPS) is 31.1. The number of allylic oxidation sites excluding steroid dienone is 1. The standard InChI is InChI=1S/C17H25N3S/c18-9-4-10-20(15-5-2-1-3-6-15)17(21)19-16-12-13-7-8-14(16)11-13/h7-8,13-16H,1-6,10-12H2,(H,19,21). The molecule has 0 amide bonds. The van der Waals surface area contributed by atoms with Crippen LogP contribution in [0.2, 0.25) is 0 Å². The molecule has 3 aliphatic rings. The van der Waals surface area contributed by atoms with E-state index in [0.717, 1.165) is 17.6 Å². The molecule has 3 unspecified atom stereocenters. The molecule has 0 aromatic rings. The van der Waals surface area contributed by atoms with Gasteiger partial charge < -0.3 is 10.2 Å². The third kappa shape index (κ3) is 3.40. The van der Waals surface area contributed by atoms with Gasteiger partial charge in [0.1, 0.15) is 0 Å². The van der Waals surface area contributed by atoms with E-state index in [1.54, 1.807) is 0 Å². The summed E-state index contributed by atoms with van der Waals surface area (Å²) in [4.78, 5) is 2.31. The van der Waals surface area contributed by atoms with Crippen molar-refractivity contribution >= 4 is 17.3 Å². The van der Waals surface area contributed by atoms with Gasteiger partial charge in [-0.25, -0.2) is 0 Å². The molecular formula is C17H25N3S. The van der Waals surface area contributed by atoms with Crippen molar-refractivity contribution in [1.82, 2.24) is 10.2 Å². The molecule has 21 heavy (non-hydrogen) atoms. The molecule has 0 aromatic carbocycles. The number of nitrogens with zero attached hydrogens (tertiary/aromatic N) is 2. The van der Waals surface area contributed by atoms with Crippen LogP contribution in [0, 0.1) is 23.2 Å². The van der Waals surface area contributed by atoms with Crippen molar-refractivity contribution in [3.05, 3.63) is 12.2 Å². The molecule has 2 bridgehead atoms.